The van der Waals surface area contributed by atoms with Crippen LogP contribution < -0.4 is 10.2 Å². The maximum absolute atomic E-state index is 12.2. The number of benzene rings is 1. The van der Waals surface area contributed by atoms with E-state index in [1.807, 2.05) is 6.07 Å². The van der Waals surface area contributed by atoms with E-state index in [1.165, 1.54) is 16.9 Å². The van der Waals surface area contributed by atoms with Crippen molar-refractivity contribution >= 4 is 28.1 Å². The standard InChI is InChI=1S/C14H16N4O2S/c1-10-3-2-4-11(7-10)18-5-6-20-12(8-18)13(19)16-14-17-15-9-21-14/h2-4,7,9,12H,5-6,8H2,1H3,(H,16,17,19)/t12-/m0/s1. The van der Waals surface area contributed by atoms with Crippen LogP contribution in [0.4, 0.5) is 10.8 Å². The molecule has 110 valence electrons. The zero-order valence-electron chi connectivity index (χ0n) is 11.7. The number of amides is 1. The van der Waals surface area contributed by atoms with Crippen LogP contribution in [-0.4, -0.2) is 41.9 Å². The normalized spacial score (nSPS) is 18.5. The van der Waals surface area contributed by atoms with Crippen molar-refractivity contribution in [1.82, 2.24) is 10.2 Å². The van der Waals surface area contributed by atoms with E-state index < -0.39 is 6.10 Å². The van der Waals surface area contributed by atoms with Gasteiger partial charge in [0.25, 0.3) is 5.91 Å². The Bertz CT molecular complexity index is 617. The van der Waals surface area contributed by atoms with Crippen molar-refractivity contribution in [3.63, 3.8) is 0 Å². The molecule has 1 fully saturated rings. The molecule has 1 aliphatic rings. The maximum atomic E-state index is 12.2. The number of aryl methyl sites for hydroxylation is 1. The molecule has 2 aromatic rings. The molecule has 0 spiro atoms. The van der Waals surface area contributed by atoms with Gasteiger partial charge in [-0.25, -0.2) is 0 Å². The molecule has 21 heavy (non-hydrogen) atoms. The highest BCUT2D eigenvalue weighted by atomic mass is 32.1. The number of anilines is 2. The van der Waals surface area contributed by atoms with Crippen molar-refractivity contribution in [3.8, 4) is 0 Å². The van der Waals surface area contributed by atoms with Crippen molar-refractivity contribution in [2.75, 3.05) is 29.9 Å². The smallest absolute Gasteiger partial charge is 0.257 e. The van der Waals surface area contributed by atoms with Crippen molar-refractivity contribution in [2.24, 2.45) is 0 Å². The van der Waals surface area contributed by atoms with Crippen molar-refractivity contribution in [3.05, 3.63) is 35.3 Å². The minimum atomic E-state index is -0.497. The number of hydrogen-bond acceptors (Lipinski definition) is 6. The van der Waals surface area contributed by atoms with Crippen LogP contribution in [0.1, 0.15) is 5.56 Å². The first-order chi connectivity index (χ1) is 10.2. The highest BCUT2D eigenvalue weighted by molar-refractivity contribution is 7.13. The fourth-order valence-electron chi connectivity index (χ4n) is 2.28. The number of morpholine rings is 1. The second-order valence-corrected chi connectivity index (χ2v) is 5.71. The first-order valence-electron chi connectivity index (χ1n) is 6.72. The van der Waals surface area contributed by atoms with Gasteiger partial charge in [-0.05, 0) is 24.6 Å². The summed E-state index contributed by atoms with van der Waals surface area (Å²) in [7, 11) is 0. The Morgan fingerprint density at radius 2 is 2.43 bits per heavy atom. The fraction of sp³-hybridized carbons (Fsp3) is 0.357. The highest BCUT2D eigenvalue weighted by Crippen LogP contribution is 2.20. The molecule has 6 nitrogen and oxygen atoms in total. The van der Waals surface area contributed by atoms with Gasteiger partial charge in [0.2, 0.25) is 5.13 Å². The van der Waals surface area contributed by atoms with Gasteiger partial charge in [-0.1, -0.05) is 23.5 Å². The van der Waals surface area contributed by atoms with Crippen molar-refractivity contribution in [1.29, 1.82) is 0 Å². The molecule has 1 atom stereocenters. The van der Waals surface area contributed by atoms with Crippen LogP contribution in [0.2, 0.25) is 0 Å². The Morgan fingerprint density at radius 1 is 1.52 bits per heavy atom. The lowest BCUT2D eigenvalue weighted by Gasteiger charge is -2.33. The molecule has 0 saturated carbocycles. The molecule has 2 heterocycles. The lowest BCUT2D eigenvalue weighted by Crippen LogP contribution is -2.48. The number of carbonyl (C=O) groups is 1. The van der Waals surface area contributed by atoms with Gasteiger partial charge in [0.05, 0.1) is 13.2 Å². The molecule has 1 saturated heterocycles. The zero-order chi connectivity index (χ0) is 14.7. The van der Waals surface area contributed by atoms with E-state index in [0.29, 0.717) is 18.3 Å². The molecule has 1 amide bonds. The average Bonchev–Trinajstić information content (AvgIpc) is 3.00. The quantitative estimate of drug-likeness (QED) is 0.934. The van der Waals surface area contributed by atoms with Crippen molar-refractivity contribution < 1.29 is 9.53 Å². The number of rotatable bonds is 3. The van der Waals surface area contributed by atoms with E-state index in [2.05, 4.69) is 45.5 Å². The largest absolute Gasteiger partial charge is 0.366 e. The monoisotopic (exact) mass is 304 g/mol. The molecule has 0 aliphatic carbocycles. The Morgan fingerprint density at radius 3 is 3.19 bits per heavy atom. The Balaban J connectivity index is 1.66. The summed E-state index contributed by atoms with van der Waals surface area (Å²) >= 11 is 1.29. The summed E-state index contributed by atoms with van der Waals surface area (Å²) in [6.45, 7) is 3.91. The van der Waals surface area contributed by atoms with Crippen molar-refractivity contribution in [2.45, 2.75) is 13.0 Å². The number of aromatic nitrogens is 2. The Labute approximate surface area is 126 Å². The predicted molar refractivity (Wildman–Crippen MR) is 81.7 cm³/mol. The van der Waals surface area contributed by atoms with E-state index in [4.69, 9.17) is 4.74 Å². The minimum Gasteiger partial charge on any atom is -0.366 e. The summed E-state index contributed by atoms with van der Waals surface area (Å²) in [6, 6.07) is 8.25. The summed E-state index contributed by atoms with van der Waals surface area (Å²) in [5.41, 5.74) is 3.90. The van der Waals surface area contributed by atoms with E-state index in [1.54, 1.807) is 5.51 Å². The van der Waals surface area contributed by atoms with Crippen LogP contribution in [-0.2, 0) is 9.53 Å². The maximum Gasteiger partial charge on any atom is 0.257 e. The number of nitrogens with one attached hydrogen (secondary N) is 1. The lowest BCUT2D eigenvalue weighted by atomic mass is 10.1. The van der Waals surface area contributed by atoms with Crippen LogP contribution >= 0.6 is 11.3 Å². The topological polar surface area (TPSA) is 67.3 Å². The van der Waals surface area contributed by atoms with E-state index >= 15 is 0 Å². The number of carbonyl (C=O) groups excluding carboxylic acids is 1. The summed E-state index contributed by atoms with van der Waals surface area (Å²) in [5.74, 6) is -0.177. The average molecular weight is 304 g/mol. The lowest BCUT2D eigenvalue weighted by molar-refractivity contribution is -0.128. The molecule has 1 N–H and O–H groups in total. The number of hydrogen-bond donors (Lipinski definition) is 1. The third-order valence-electron chi connectivity index (χ3n) is 3.32. The van der Waals surface area contributed by atoms with Crippen LogP contribution in [0.15, 0.2) is 29.8 Å². The van der Waals surface area contributed by atoms with Gasteiger partial charge in [-0.2, -0.15) is 0 Å². The summed E-state index contributed by atoms with van der Waals surface area (Å²) in [5, 5.41) is 10.7. The summed E-state index contributed by atoms with van der Waals surface area (Å²) in [4.78, 5) is 14.4. The molecule has 1 aromatic heterocycles. The Kier molecular flexibility index (Phi) is 4.12. The molecule has 0 unspecified atom stereocenters. The Hall–Kier alpha value is -1.99. The summed E-state index contributed by atoms with van der Waals surface area (Å²) in [6.07, 6.45) is -0.497. The van der Waals surface area contributed by atoms with Gasteiger partial charge in [0, 0.05) is 12.2 Å². The third kappa shape index (κ3) is 3.37. The highest BCUT2D eigenvalue weighted by Gasteiger charge is 2.27. The molecule has 3 rings (SSSR count). The molecule has 1 aromatic carbocycles. The van der Waals surface area contributed by atoms with Crippen LogP contribution in [0.5, 0.6) is 0 Å². The minimum absolute atomic E-state index is 0.177. The van der Waals surface area contributed by atoms with Gasteiger partial charge in [-0.3, -0.25) is 10.1 Å². The van der Waals surface area contributed by atoms with E-state index in [0.717, 1.165) is 12.2 Å². The third-order valence-corrected chi connectivity index (χ3v) is 3.92. The number of nitrogens with zero attached hydrogens (tertiary/aromatic N) is 3. The van der Waals surface area contributed by atoms with Crippen LogP contribution in [0.25, 0.3) is 0 Å². The van der Waals surface area contributed by atoms with Gasteiger partial charge < -0.3 is 9.64 Å². The predicted octanol–water partition coefficient (Wildman–Crippen LogP) is 1.69. The SMILES string of the molecule is Cc1cccc(N2CCO[C@H](C(=O)Nc3nncs3)C2)c1. The zero-order valence-corrected chi connectivity index (χ0v) is 12.5. The molecular formula is C14H16N4O2S. The van der Waals surface area contributed by atoms with Gasteiger partial charge in [-0.15, -0.1) is 10.2 Å². The molecule has 0 radical (unpaired) electrons. The van der Waals surface area contributed by atoms with E-state index in [9.17, 15) is 4.79 Å². The molecule has 7 heteroatoms. The van der Waals surface area contributed by atoms with Gasteiger partial charge >= 0.3 is 0 Å². The molecule has 1 aliphatic heterocycles. The molecule has 0 bridgehead atoms. The van der Waals surface area contributed by atoms with Crippen LogP contribution in [0.3, 0.4) is 0 Å². The first-order valence-corrected chi connectivity index (χ1v) is 7.60. The fourth-order valence-corrected chi connectivity index (χ4v) is 2.73. The summed E-state index contributed by atoms with van der Waals surface area (Å²) < 4.78 is 5.57. The second-order valence-electron chi connectivity index (χ2n) is 4.88. The first kappa shape index (κ1) is 14.0. The van der Waals surface area contributed by atoms with Gasteiger partial charge in [0.1, 0.15) is 5.51 Å². The van der Waals surface area contributed by atoms with Gasteiger partial charge in [0.15, 0.2) is 6.10 Å². The van der Waals surface area contributed by atoms with Crippen LogP contribution in [0, 0.1) is 6.92 Å². The van der Waals surface area contributed by atoms with E-state index in [-0.39, 0.29) is 5.91 Å². The second kappa shape index (κ2) is 6.19. The molecular weight excluding hydrogens is 288 g/mol. The number of ether oxygens (including phenoxy) is 1.